The van der Waals surface area contributed by atoms with Crippen molar-refractivity contribution in [1.29, 1.82) is 0 Å². The second-order valence-corrected chi connectivity index (χ2v) is 6.23. The fraction of sp³-hybridized carbons (Fsp3) is 0.333. The first-order chi connectivity index (χ1) is 10.8. The summed E-state index contributed by atoms with van der Waals surface area (Å²) in [5.41, 5.74) is 4.70. The normalized spacial score (nSPS) is 17.1. The molecule has 1 saturated heterocycles. The number of benzene rings is 1. The molecule has 0 atom stereocenters. The first-order valence-electron chi connectivity index (χ1n) is 7.87. The van der Waals surface area contributed by atoms with E-state index in [0.717, 1.165) is 16.6 Å². The molecular formula is C18H20N4. The summed E-state index contributed by atoms with van der Waals surface area (Å²) in [5, 5.41) is 8.00. The number of hydrogen-bond donors (Lipinski definition) is 1. The number of likely N-dealkylation sites (tertiary alicyclic amines) is 1. The highest BCUT2D eigenvalue weighted by Crippen LogP contribution is 2.31. The highest BCUT2D eigenvalue weighted by Gasteiger charge is 2.18. The van der Waals surface area contributed by atoms with Crippen LogP contribution in [0.2, 0.25) is 0 Å². The van der Waals surface area contributed by atoms with Crippen molar-refractivity contribution in [3.63, 3.8) is 0 Å². The molecule has 1 fully saturated rings. The number of aromatic nitrogens is 3. The van der Waals surface area contributed by atoms with E-state index >= 15 is 0 Å². The van der Waals surface area contributed by atoms with Gasteiger partial charge in [-0.25, -0.2) is 4.98 Å². The van der Waals surface area contributed by atoms with Crippen molar-refractivity contribution in [2.45, 2.75) is 18.8 Å². The van der Waals surface area contributed by atoms with Crippen molar-refractivity contribution in [2.24, 2.45) is 0 Å². The molecule has 3 aromatic rings. The Hall–Kier alpha value is -2.20. The molecule has 4 rings (SSSR count). The Morgan fingerprint density at radius 2 is 1.95 bits per heavy atom. The lowest BCUT2D eigenvalue weighted by molar-refractivity contribution is 0.255. The van der Waals surface area contributed by atoms with Crippen LogP contribution in [0.5, 0.6) is 0 Å². The molecule has 0 radical (unpaired) electrons. The zero-order valence-corrected chi connectivity index (χ0v) is 12.8. The fourth-order valence-electron chi connectivity index (χ4n) is 3.31. The van der Waals surface area contributed by atoms with Gasteiger partial charge in [-0.05, 0) is 56.1 Å². The van der Waals surface area contributed by atoms with E-state index in [0.29, 0.717) is 5.92 Å². The highest BCUT2D eigenvalue weighted by atomic mass is 15.1. The van der Waals surface area contributed by atoms with Gasteiger partial charge >= 0.3 is 0 Å². The highest BCUT2D eigenvalue weighted by molar-refractivity contribution is 5.80. The van der Waals surface area contributed by atoms with Crippen molar-refractivity contribution >= 4 is 11.0 Å². The Morgan fingerprint density at radius 1 is 1.09 bits per heavy atom. The zero-order chi connectivity index (χ0) is 14.9. The maximum Gasteiger partial charge on any atom is 0.155 e. The third kappa shape index (κ3) is 2.50. The average molecular weight is 292 g/mol. The number of hydrogen-bond acceptors (Lipinski definition) is 3. The van der Waals surface area contributed by atoms with Crippen LogP contribution in [-0.2, 0) is 0 Å². The van der Waals surface area contributed by atoms with E-state index in [2.05, 4.69) is 57.5 Å². The number of nitrogens with zero attached hydrogens (tertiary/aromatic N) is 3. The van der Waals surface area contributed by atoms with Crippen LogP contribution in [0, 0.1) is 0 Å². The second kappa shape index (κ2) is 5.54. The minimum Gasteiger partial charge on any atom is -0.306 e. The lowest BCUT2D eigenvalue weighted by Gasteiger charge is -2.29. The Kier molecular flexibility index (Phi) is 3.39. The number of H-pyrrole nitrogens is 1. The van der Waals surface area contributed by atoms with Gasteiger partial charge in [0.05, 0.1) is 6.20 Å². The molecular weight excluding hydrogens is 272 g/mol. The predicted octanol–water partition coefficient (Wildman–Crippen LogP) is 3.43. The summed E-state index contributed by atoms with van der Waals surface area (Å²) in [4.78, 5) is 6.86. The van der Waals surface area contributed by atoms with Crippen LogP contribution in [0.4, 0.5) is 0 Å². The van der Waals surface area contributed by atoms with E-state index in [1.807, 2.05) is 12.4 Å². The number of piperidine rings is 1. The third-order valence-electron chi connectivity index (χ3n) is 4.70. The monoisotopic (exact) mass is 292 g/mol. The van der Waals surface area contributed by atoms with Gasteiger partial charge in [0.1, 0.15) is 0 Å². The quantitative estimate of drug-likeness (QED) is 0.787. The van der Waals surface area contributed by atoms with Crippen molar-refractivity contribution in [3.05, 3.63) is 48.3 Å². The Labute approximate surface area is 130 Å². The van der Waals surface area contributed by atoms with E-state index in [-0.39, 0.29) is 0 Å². The van der Waals surface area contributed by atoms with Crippen LogP contribution < -0.4 is 0 Å². The summed E-state index contributed by atoms with van der Waals surface area (Å²) >= 11 is 0. The maximum absolute atomic E-state index is 4.44. The first-order valence-corrected chi connectivity index (χ1v) is 7.87. The molecule has 0 bridgehead atoms. The smallest absolute Gasteiger partial charge is 0.155 e. The third-order valence-corrected chi connectivity index (χ3v) is 4.70. The van der Waals surface area contributed by atoms with Crippen LogP contribution in [-0.4, -0.2) is 40.2 Å². The molecule has 1 aromatic carbocycles. The molecule has 0 aliphatic carbocycles. The van der Waals surface area contributed by atoms with Gasteiger partial charge in [-0.1, -0.05) is 24.3 Å². The molecule has 1 aliphatic rings. The number of aromatic amines is 1. The molecule has 0 unspecified atom stereocenters. The standard InChI is InChI=1S/C18H20N4/c1-22-7-5-13(6-8-22)14-3-2-4-15(9-14)16-10-17-12-20-21-18(17)19-11-16/h2-4,9-13H,5-8H2,1H3,(H,19,20,21). The molecule has 0 saturated carbocycles. The predicted molar refractivity (Wildman–Crippen MR) is 88.8 cm³/mol. The van der Waals surface area contributed by atoms with E-state index in [4.69, 9.17) is 0 Å². The van der Waals surface area contributed by atoms with E-state index < -0.39 is 0 Å². The van der Waals surface area contributed by atoms with Crippen molar-refractivity contribution in [3.8, 4) is 11.1 Å². The lowest BCUT2D eigenvalue weighted by Crippen LogP contribution is -2.29. The van der Waals surface area contributed by atoms with Gasteiger partial charge in [-0.2, -0.15) is 5.10 Å². The maximum atomic E-state index is 4.44. The van der Waals surface area contributed by atoms with E-state index in [1.54, 1.807) is 0 Å². The van der Waals surface area contributed by atoms with Crippen LogP contribution >= 0.6 is 0 Å². The van der Waals surface area contributed by atoms with Crippen molar-refractivity contribution < 1.29 is 0 Å². The summed E-state index contributed by atoms with van der Waals surface area (Å²) in [6.07, 6.45) is 6.25. The van der Waals surface area contributed by atoms with E-state index in [9.17, 15) is 0 Å². The summed E-state index contributed by atoms with van der Waals surface area (Å²) in [6.45, 7) is 2.38. The van der Waals surface area contributed by atoms with Gasteiger partial charge in [0.15, 0.2) is 5.65 Å². The van der Waals surface area contributed by atoms with Gasteiger partial charge in [-0.3, -0.25) is 5.10 Å². The minimum atomic E-state index is 0.682. The van der Waals surface area contributed by atoms with E-state index in [1.165, 1.54) is 37.1 Å². The number of nitrogens with one attached hydrogen (secondary N) is 1. The summed E-state index contributed by atoms with van der Waals surface area (Å²) in [6, 6.07) is 11.1. The number of fused-ring (bicyclic) bond motifs is 1. The van der Waals surface area contributed by atoms with Crippen molar-refractivity contribution in [2.75, 3.05) is 20.1 Å². The average Bonchev–Trinajstić information content (AvgIpc) is 3.03. The molecule has 112 valence electrons. The van der Waals surface area contributed by atoms with Crippen molar-refractivity contribution in [1.82, 2.24) is 20.1 Å². The molecule has 2 aromatic heterocycles. The molecule has 22 heavy (non-hydrogen) atoms. The summed E-state index contributed by atoms with van der Waals surface area (Å²) in [7, 11) is 2.21. The van der Waals surface area contributed by atoms with Gasteiger partial charge in [0, 0.05) is 17.1 Å². The zero-order valence-electron chi connectivity index (χ0n) is 12.8. The minimum absolute atomic E-state index is 0.682. The Bertz CT molecular complexity index is 784. The number of pyridine rings is 1. The molecule has 1 N–H and O–H groups in total. The largest absolute Gasteiger partial charge is 0.306 e. The first kappa shape index (κ1) is 13.5. The van der Waals surface area contributed by atoms with Crippen LogP contribution in [0.1, 0.15) is 24.3 Å². The Balaban J connectivity index is 1.66. The summed E-state index contributed by atoms with van der Waals surface area (Å²) in [5.74, 6) is 0.682. The molecule has 0 spiro atoms. The fourth-order valence-corrected chi connectivity index (χ4v) is 3.31. The topological polar surface area (TPSA) is 44.8 Å². The molecule has 4 nitrogen and oxygen atoms in total. The SMILES string of the molecule is CN1CCC(c2cccc(-c3cnc4[nH]ncc4c3)c2)CC1. The lowest BCUT2D eigenvalue weighted by atomic mass is 9.88. The molecule has 0 amide bonds. The van der Waals surface area contributed by atoms with Crippen LogP contribution in [0.15, 0.2) is 42.7 Å². The molecule has 1 aliphatic heterocycles. The van der Waals surface area contributed by atoms with Crippen LogP contribution in [0.3, 0.4) is 0 Å². The number of rotatable bonds is 2. The molecule has 4 heteroatoms. The Morgan fingerprint density at radius 3 is 2.82 bits per heavy atom. The van der Waals surface area contributed by atoms with Gasteiger partial charge in [0.25, 0.3) is 0 Å². The second-order valence-electron chi connectivity index (χ2n) is 6.23. The summed E-state index contributed by atoms with van der Waals surface area (Å²) < 4.78 is 0. The van der Waals surface area contributed by atoms with Crippen LogP contribution in [0.25, 0.3) is 22.2 Å². The van der Waals surface area contributed by atoms with Gasteiger partial charge < -0.3 is 4.90 Å². The van der Waals surface area contributed by atoms with Gasteiger partial charge in [0.2, 0.25) is 0 Å². The van der Waals surface area contributed by atoms with Gasteiger partial charge in [-0.15, -0.1) is 0 Å². The molecule has 3 heterocycles.